The number of piperidine rings is 1. The molecule has 0 spiro atoms. The van der Waals surface area contributed by atoms with Gasteiger partial charge in [-0.25, -0.2) is 13.6 Å². The van der Waals surface area contributed by atoms with Crippen LogP contribution in [0.25, 0.3) is 0 Å². The normalized spacial score (nSPS) is 16.8. The molecule has 2 aromatic rings. The number of amides is 2. The van der Waals surface area contributed by atoms with Crippen molar-refractivity contribution in [3.05, 3.63) is 70.8 Å². The lowest BCUT2D eigenvalue weighted by Gasteiger charge is -2.43. The van der Waals surface area contributed by atoms with Gasteiger partial charge in [-0.2, -0.15) is 0 Å². The summed E-state index contributed by atoms with van der Waals surface area (Å²) >= 11 is 0. The standard InChI is InChI=1S/C28H37F2N3O4/c1-18(2)21-6-5-7-22(15-21)28(8-10-33(11-9-28)27(36)37-4)31-17-26(35)25(32-19(3)34)14-20-12-23(29)16-24(30)13-20/h5-7,12-13,15-16,18,25-26,31,35H,8-11,14,17H2,1-4H3,(H,32,34)/t25-,26+/m0/s1. The summed E-state index contributed by atoms with van der Waals surface area (Å²) in [6.07, 6.45) is -0.174. The van der Waals surface area contributed by atoms with Crippen molar-refractivity contribution in [2.75, 3.05) is 26.7 Å². The van der Waals surface area contributed by atoms with Crippen LogP contribution < -0.4 is 10.6 Å². The zero-order chi connectivity index (χ0) is 27.2. The molecule has 0 unspecified atom stereocenters. The Morgan fingerprint density at radius 1 is 1.11 bits per heavy atom. The molecule has 9 heteroatoms. The third-order valence-electron chi connectivity index (χ3n) is 7.04. The van der Waals surface area contributed by atoms with Gasteiger partial charge < -0.3 is 25.4 Å². The van der Waals surface area contributed by atoms with Crippen molar-refractivity contribution in [3.63, 3.8) is 0 Å². The van der Waals surface area contributed by atoms with Gasteiger partial charge in [-0.1, -0.05) is 38.1 Å². The van der Waals surface area contributed by atoms with Crippen molar-refractivity contribution in [1.82, 2.24) is 15.5 Å². The third kappa shape index (κ3) is 7.49. The first kappa shape index (κ1) is 28.5. The predicted molar refractivity (Wildman–Crippen MR) is 137 cm³/mol. The molecule has 3 N–H and O–H groups in total. The molecule has 0 bridgehead atoms. The Kier molecular flexibility index (Phi) is 9.62. The monoisotopic (exact) mass is 517 g/mol. The number of benzene rings is 2. The molecule has 3 rings (SSSR count). The minimum absolute atomic E-state index is 0.0586. The highest BCUT2D eigenvalue weighted by molar-refractivity contribution is 5.73. The van der Waals surface area contributed by atoms with E-state index in [1.807, 2.05) is 12.1 Å². The number of halogens is 2. The highest BCUT2D eigenvalue weighted by Crippen LogP contribution is 2.35. The highest BCUT2D eigenvalue weighted by atomic mass is 19.1. The molecule has 2 atom stereocenters. The lowest BCUT2D eigenvalue weighted by atomic mass is 9.79. The number of rotatable bonds is 9. The Balaban J connectivity index is 1.83. The van der Waals surface area contributed by atoms with E-state index >= 15 is 0 Å². The van der Waals surface area contributed by atoms with Gasteiger partial charge in [0.15, 0.2) is 0 Å². The average Bonchev–Trinajstić information content (AvgIpc) is 2.86. The van der Waals surface area contributed by atoms with E-state index in [1.54, 1.807) is 4.90 Å². The van der Waals surface area contributed by atoms with Crippen molar-refractivity contribution < 1.29 is 28.2 Å². The van der Waals surface area contributed by atoms with Crippen LogP contribution in [0.3, 0.4) is 0 Å². The van der Waals surface area contributed by atoms with Crippen LogP contribution in [0.15, 0.2) is 42.5 Å². The number of aliphatic hydroxyl groups excluding tert-OH is 1. The number of hydrogen-bond acceptors (Lipinski definition) is 5. The van der Waals surface area contributed by atoms with Crippen LogP contribution >= 0.6 is 0 Å². The number of ether oxygens (including phenoxy) is 1. The van der Waals surface area contributed by atoms with Crippen LogP contribution in [0.5, 0.6) is 0 Å². The number of hydrogen-bond donors (Lipinski definition) is 3. The van der Waals surface area contributed by atoms with Crippen LogP contribution in [0, 0.1) is 11.6 Å². The second-order valence-corrected chi connectivity index (χ2v) is 10.1. The molecule has 1 fully saturated rings. The summed E-state index contributed by atoms with van der Waals surface area (Å²) in [5.74, 6) is -1.46. The predicted octanol–water partition coefficient (Wildman–Crippen LogP) is 3.84. The number of nitrogens with one attached hydrogen (secondary N) is 2. The topological polar surface area (TPSA) is 90.9 Å². The van der Waals surface area contributed by atoms with E-state index in [9.17, 15) is 23.5 Å². The fourth-order valence-corrected chi connectivity index (χ4v) is 4.93. The van der Waals surface area contributed by atoms with Crippen molar-refractivity contribution in [2.24, 2.45) is 0 Å². The minimum Gasteiger partial charge on any atom is -0.453 e. The Morgan fingerprint density at radius 2 is 1.76 bits per heavy atom. The molecule has 37 heavy (non-hydrogen) atoms. The van der Waals surface area contributed by atoms with Crippen LogP contribution in [0.2, 0.25) is 0 Å². The van der Waals surface area contributed by atoms with Crippen molar-refractivity contribution in [2.45, 2.75) is 63.6 Å². The molecule has 7 nitrogen and oxygen atoms in total. The Hall–Kier alpha value is -3.04. The van der Waals surface area contributed by atoms with E-state index in [0.29, 0.717) is 37.4 Å². The SMILES string of the molecule is COC(=O)N1CCC(NC[C@@H](O)[C@H](Cc2cc(F)cc(F)c2)NC(C)=O)(c2cccc(C(C)C)c2)CC1. The second-order valence-electron chi connectivity index (χ2n) is 10.1. The molecule has 0 aliphatic carbocycles. The van der Waals surface area contributed by atoms with Gasteiger partial charge >= 0.3 is 6.09 Å². The second kappa shape index (κ2) is 12.5. The van der Waals surface area contributed by atoms with E-state index in [0.717, 1.165) is 11.6 Å². The summed E-state index contributed by atoms with van der Waals surface area (Å²) in [6.45, 7) is 6.64. The Morgan fingerprint density at radius 3 is 2.32 bits per heavy atom. The van der Waals surface area contributed by atoms with E-state index in [2.05, 4.69) is 36.6 Å². The largest absolute Gasteiger partial charge is 0.453 e. The third-order valence-corrected chi connectivity index (χ3v) is 7.04. The average molecular weight is 518 g/mol. The molecular formula is C28H37F2N3O4. The summed E-state index contributed by atoms with van der Waals surface area (Å²) in [5.41, 5.74) is 2.04. The van der Waals surface area contributed by atoms with Crippen LogP contribution in [0.1, 0.15) is 56.2 Å². The van der Waals surface area contributed by atoms with Crippen molar-refractivity contribution >= 4 is 12.0 Å². The van der Waals surface area contributed by atoms with Crippen molar-refractivity contribution in [1.29, 1.82) is 0 Å². The zero-order valence-corrected chi connectivity index (χ0v) is 21.9. The van der Waals surface area contributed by atoms with E-state index in [-0.39, 0.29) is 25.0 Å². The molecule has 0 aromatic heterocycles. The fraction of sp³-hybridized carbons (Fsp3) is 0.500. The zero-order valence-electron chi connectivity index (χ0n) is 21.9. The molecule has 2 aromatic carbocycles. The van der Waals surface area contributed by atoms with Crippen molar-refractivity contribution in [3.8, 4) is 0 Å². The van der Waals surface area contributed by atoms with Gasteiger partial charge in [0.05, 0.1) is 19.3 Å². The Labute approximate surface area is 217 Å². The quantitative estimate of drug-likeness (QED) is 0.470. The summed E-state index contributed by atoms with van der Waals surface area (Å²) in [5, 5.41) is 17.4. The first-order valence-electron chi connectivity index (χ1n) is 12.6. The maximum atomic E-state index is 13.7. The molecule has 202 valence electrons. The smallest absolute Gasteiger partial charge is 0.409 e. The molecule has 1 aliphatic heterocycles. The van der Waals surface area contributed by atoms with Gasteiger partial charge in [0.25, 0.3) is 0 Å². The van der Waals surface area contributed by atoms with E-state index < -0.39 is 29.3 Å². The number of aliphatic hydroxyl groups is 1. The lowest BCUT2D eigenvalue weighted by Crippen LogP contribution is -2.56. The fourth-order valence-electron chi connectivity index (χ4n) is 4.93. The Bertz CT molecular complexity index is 1070. The highest BCUT2D eigenvalue weighted by Gasteiger charge is 2.38. The van der Waals surface area contributed by atoms with Gasteiger partial charge in [-0.3, -0.25) is 4.79 Å². The van der Waals surface area contributed by atoms with Gasteiger partial charge in [-0.05, 0) is 54.0 Å². The summed E-state index contributed by atoms with van der Waals surface area (Å²) in [4.78, 5) is 25.6. The first-order chi connectivity index (χ1) is 17.5. The molecule has 1 heterocycles. The van der Waals surface area contributed by atoms with Gasteiger partial charge in [0, 0.05) is 38.2 Å². The molecule has 0 saturated carbocycles. The van der Waals surface area contributed by atoms with Gasteiger partial charge in [0.2, 0.25) is 5.91 Å². The first-order valence-corrected chi connectivity index (χ1v) is 12.6. The molecule has 0 radical (unpaired) electrons. The summed E-state index contributed by atoms with van der Waals surface area (Å²) < 4.78 is 32.4. The van der Waals surface area contributed by atoms with Crippen LogP contribution in [-0.4, -0.2) is 60.9 Å². The van der Waals surface area contributed by atoms with E-state index in [1.165, 1.54) is 31.7 Å². The van der Waals surface area contributed by atoms with Gasteiger partial charge in [-0.15, -0.1) is 0 Å². The lowest BCUT2D eigenvalue weighted by molar-refractivity contribution is -0.120. The van der Waals surface area contributed by atoms with E-state index in [4.69, 9.17) is 4.74 Å². The molecule has 2 amide bonds. The summed E-state index contributed by atoms with van der Waals surface area (Å²) in [6, 6.07) is 10.7. The number of methoxy groups -OCH3 is 1. The minimum atomic E-state index is -1.04. The number of likely N-dealkylation sites (tertiary alicyclic amines) is 1. The maximum absolute atomic E-state index is 13.7. The molecular weight excluding hydrogens is 480 g/mol. The molecule has 1 saturated heterocycles. The molecule has 1 aliphatic rings. The van der Waals surface area contributed by atoms with Crippen LogP contribution in [-0.2, 0) is 21.5 Å². The maximum Gasteiger partial charge on any atom is 0.409 e. The summed E-state index contributed by atoms with van der Waals surface area (Å²) in [7, 11) is 1.36. The van der Waals surface area contributed by atoms with Crippen LogP contribution in [0.4, 0.5) is 13.6 Å². The number of nitrogens with zero attached hydrogens (tertiary/aromatic N) is 1. The van der Waals surface area contributed by atoms with Gasteiger partial charge in [0.1, 0.15) is 11.6 Å². The number of carbonyl (C=O) groups is 2. The number of carbonyl (C=O) groups excluding carboxylic acids is 2.